The standard InChI is InChI=1S/C18H15N5S/c1-12-7-8-24-16(12)9-13(10-19)17-15(11-20)18(21)23(22-17)14-5-3-2-4-6-14/h2-9,15,18H,21H2,1H3/b13-9-/t15-,18-/m0/s1. The number of aryl methyl sites for hydroxylation is 1. The second kappa shape index (κ2) is 6.67. The molecular weight excluding hydrogens is 318 g/mol. The normalized spacial score (nSPS) is 20.4. The molecule has 0 amide bonds. The van der Waals surface area contributed by atoms with E-state index in [4.69, 9.17) is 5.73 Å². The molecule has 0 radical (unpaired) electrons. The lowest BCUT2D eigenvalue weighted by atomic mass is 9.96. The van der Waals surface area contributed by atoms with Crippen LogP contribution in [-0.4, -0.2) is 11.9 Å². The summed E-state index contributed by atoms with van der Waals surface area (Å²) in [5.74, 6) is -0.656. The topological polar surface area (TPSA) is 89.2 Å². The van der Waals surface area contributed by atoms with Gasteiger partial charge in [-0.3, -0.25) is 0 Å². The Morgan fingerprint density at radius 1 is 1.29 bits per heavy atom. The van der Waals surface area contributed by atoms with Crippen LogP contribution in [0.2, 0.25) is 0 Å². The number of benzene rings is 1. The van der Waals surface area contributed by atoms with Crippen LogP contribution in [0.3, 0.4) is 0 Å². The summed E-state index contributed by atoms with van der Waals surface area (Å²) in [5, 5.41) is 27.2. The molecule has 0 unspecified atom stereocenters. The number of para-hydroxylation sites is 1. The molecule has 1 aromatic heterocycles. The average Bonchev–Trinajstić information content (AvgIpc) is 3.16. The third kappa shape index (κ3) is 2.81. The van der Waals surface area contributed by atoms with Gasteiger partial charge in [0.25, 0.3) is 0 Å². The van der Waals surface area contributed by atoms with Crippen molar-refractivity contribution in [1.29, 1.82) is 10.5 Å². The van der Waals surface area contributed by atoms with Crippen molar-refractivity contribution in [2.24, 2.45) is 16.8 Å². The fourth-order valence-electron chi connectivity index (χ4n) is 2.54. The molecular formula is C18H15N5S. The first kappa shape index (κ1) is 15.9. The van der Waals surface area contributed by atoms with Crippen LogP contribution in [0.4, 0.5) is 5.69 Å². The monoisotopic (exact) mass is 333 g/mol. The fraction of sp³-hybridized carbons (Fsp3) is 0.167. The Morgan fingerprint density at radius 3 is 2.62 bits per heavy atom. The second-order valence-corrected chi connectivity index (χ2v) is 6.35. The largest absolute Gasteiger partial charge is 0.308 e. The van der Waals surface area contributed by atoms with E-state index in [0.29, 0.717) is 11.3 Å². The number of nitriles is 2. The van der Waals surface area contributed by atoms with Crippen molar-refractivity contribution in [2.75, 3.05) is 5.01 Å². The first-order valence-electron chi connectivity index (χ1n) is 7.40. The third-order valence-corrected chi connectivity index (χ3v) is 4.83. The maximum Gasteiger partial charge on any atom is 0.127 e. The lowest BCUT2D eigenvalue weighted by Crippen LogP contribution is -2.40. The minimum Gasteiger partial charge on any atom is -0.308 e. The predicted octanol–water partition coefficient (Wildman–Crippen LogP) is 3.26. The number of hydrogen-bond acceptors (Lipinski definition) is 6. The smallest absolute Gasteiger partial charge is 0.127 e. The Hall–Kier alpha value is -2.93. The van der Waals surface area contributed by atoms with Crippen molar-refractivity contribution in [3.05, 3.63) is 57.8 Å². The minimum absolute atomic E-state index is 0.376. The van der Waals surface area contributed by atoms with Crippen LogP contribution in [0.1, 0.15) is 10.4 Å². The van der Waals surface area contributed by atoms with Gasteiger partial charge in [0.1, 0.15) is 18.2 Å². The van der Waals surface area contributed by atoms with Crippen LogP contribution in [-0.2, 0) is 0 Å². The molecule has 2 atom stereocenters. The molecule has 2 N–H and O–H groups in total. The van der Waals surface area contributed by atoms with E-state index in [9.17, 15) is 10.5 Å². The summed E-state index contributed by atoms with van der Waals surface area (Å²) in [5.41, 5.74) is 8.89. The highest BCUT2D eigenvalue weighted by molar-refractivity contribution is 7.11. The quantitative estimate of drug-likeness (QED) is 0.873. The van der Waals surface area contributed by atoms with E-state index in [1.54, 1.807) is 22.4 Å². The lowest BCUT2D eigenvalue weighted by molar-refractivity contribution is 0.624. The number of thiophene rings is 1. The van der Waals surface area contributed by atoms with E-state index >= 15 is 0 Å². The Bertz CT molecular complexity index is 882. The van der Waals surface area contributed by atoms with Gasteiger partial charge in [-0.15, -0.1) is 11.3 Å². The van der Waals surface area contributed by atoms with Gasteiger partial charge in [-0.25, -0.2) is 5.01 Å². The fourth-order valence-corrected chi connectivity index (χ4v) is 3.40. The molecule has 1 aliphatic heterocycles. The van der Waals surface area contributed by atoms with E-state index < -0.39 is 12.1 Å². The van der Waals surface area contributed by atoms with Gasteiger partial charge in [0, 0.05) is 4.88 Å². The molecule has 6 heteroatoms. The number of nitrogens with two attached hydrogens (primary N) is 1. The zero-order valence-corrected chi connectivity index (χ0v) is 13.9. The summed E-state index contributed by atoms with van der Waals surface area (Å²) in [4.78, 5) is 0.984. The van der Waals surface area contributed by atoms with Crippen LogP contribution in [0.15, 0.2) is 52.5 Å². The molecule has 2 aromatic rings. The maximum absolute atomic E-state index is 9.57. The first-order valence-corrected chi connectivity index (χ1v) is 8.28. The molecule has 5 nitrogen and oxygen atoms in total. The highest BCUT2D eigenvalue weighted by Crippen LogP contribution is 2.29. The van der Waals surface area contributed by atoms with E-state index in [-0.39, 0.29) is 0 Å². The number of hydrogen-bond donors (Lipinski definition) is 1. The van der Waals surface area contributed by atoms with Crippen molar-refractivity contribution in [3.8, 4) is 12.1 Å². The molecule has 0 saturated heterocycles. The van der Waals surface area contributed by atoms with E-state index in [1.807, 2.05) is 48.7 Å². The molecule has 0 fully saturated rings. The molecule has 24 heavy (non-hydrogen) atoms. The molecule has 0 bridgehead atoms. The molecule has 0 saturated carbocycles. The summed E-state index contributed by atoms with van der Waals surface area (Å²) in [6.07, 6.45) is 1.17. The van der Waals surface area contributed by atoms with E-state index in [2.05, 4.69) is 17.2 Å². The number of anilines is 1. The molecule has 2 heterocycles. The third-order valence-electron chi connectivity index (χ3n) is 3.87. The minimum atomic E-state index is -0.656. The Balaban J connectivity index is 2.04. The van der Waals surface area contributed by atoms with Crippen LogP contribution in [0, 0.1) is 35.5 Å². The van der Waals surface area contributed by atoms with Crippen LogP contribution < -0.4 is 10.7 Å². The molecule has 1 aliphatic rings. The lowest BCUT2D eigenvalue weighted by Gasteiger charge is -2.21. The highest BCUT2D eigenvalue weighted by atomic mass is 32.1. The van der Waals surface area contributed by atoms with Gasteiger partial charge in [-0.2, -0.15) is 15.6 Å². The van der Waals surface area contributed by atoms with Crippen molar-refractivity contribution in [1.82, 2.24) is 0 Å². The Kier molecular flexibility index (Phi) is 4.43. The van der Waals surface area contributed by atoms with Crippen molar-refractivity contribution >= 4 is 28.8 Å². The molecule has 3 rings (SSSR count). The maximum atomic E-state index is 9.57. The first-order chi connectivity index (χ1) is 11.7. The summed E-state index contributed by atoms with van der Waals surface area (Å²) in [6.45, 7) is 1.98. The van der Waals surface area contributed by atoms with Gasteiger partial charge in [0.2, 0.25) is 0 Å². The van der Waals surface area contributed by atoms with E-state index in [0.717, 1.165) is 16.1 Å². The van der Waals surface area contributed by atoms with Gasteiger partial charge in [0.05, 0.1) is 23.0 Å². The van der Waals surface area contributed by atoms with Crippen molar-refractivity contribution in [3.63, 3.8) is 0 Å². The summed E-state index contributed by atoms with van der Waals surface area (Å²) in [7, 11) is 0. The summed E-state index contributed by atoms with van der Waals surface area (Å²) < 4.78 is 0. The highest BCUT2D eigenvalue weighted by Gasteiger charge is 2.37. The van der Waals surface area contributed by atoms with Gasteiger partial charge < -0.3 is 5.73 Å². The van der Waals surface area contributed by atoms with Crippen LogP contribution >= 0.6 is 11.3 Å². The van der Waals surface area contributed by atoms with Gasteiger partial charge in [0.15, 0.2) is 0 Å². The molecule has 118 valence electrons. The Morgan fingerprint density at radius 2 is 2.04 bits per heavy atom. The molecule has 0 spiro atoms. The van der Waals surface area contributed by atoms with E-state index in [1.165, 1.54) is 0 Å². The van der Waals surface area contributed by atoms with Gasteiger partial charge >= 0.3 is 0 Å². The van der Waals surface area contributed by atoms with Crippen molar-refractivity contribution < 1.29 is 0 Å². The summed E-state index contributed by atoms with van der Waals surface area (Å²) >= 11 is 1.55. The number of allylic oxidation sites excluding steroid dienone is 1. The second-order valence-electron chi connectivity index (χ2n) is 5.40. The van der Waals surface area contributed by atoms with Crippen molar-refractivity contribution in [2.45, 2.75) is 13.1 Å². The number of nitrogens with zero attached hydrogens (tertiary/aromatic N) is 4. The number of hydrazone groups is 1. The zero-order chi connectivity index (χ0) is 17.1. The number of rotatable bonds is 3. The zero-order valence-electron chi connectivity index (χ0n) is 13.0. The van der Waals surface area contributed by atoms with Gasteiger partial charge in [-0.05, 0) is 42.1 Å². The van der Waals surface area contributed by atoms with Gasteiger partial charge in [-0.1, -0.05) is 18.2 Å². The SMILES string of the molecule is Cc1ccsc1/C=C(/C#N)C1=NN(c2ccccc2)[C@H](N)[C@H]1C#N. The predicted molar refractivity (Wildman–Crippen MR) is 96.1 cm³/mol. The van der Waals surface area contributed by atoms with Crippen LogP contribution in [0.5, 0.6) is 0 Å². The molecule has 0 aliphatic carbocycles. The van der Waals surface area contributed by atoms with Crippen LogP contribution in [0.25, 0.3) is 6.08 Å². The Labute approximate surface area is 144 Å². The molecule has 1 aromatic carbocycles. The average molecular weight is 333 g/mol. The summed E-state index contributed by atoms with van der Waals surface area (Å²) in [6, 6.07) is 15.8.